The maximum Gasteiger partial charge on any atom is 0.228 e. The number of halogens is 2. The van der Waals surface area contributed by atoms with Gasteiger partial charge in [-0.3, -0.25) is 9.69 Å². The van der Waals surface area contributed by atoms with Crippen molar-refractivity contribution in [3.63, 3.8) is 0 Å². The molecule has 5 heteroatoms. The molecule has 2 aromatic rings. The summed E-state index contributed by atoms with van der Waals surface area (Å²) in [6, 6.07) is 14.0. The molecule has 132 valence electrons. The minimum absolute atomic E-state index is 0.0178. The van der Waals surface area contributed by atoms with Crippen LogP contribution in [0.3, 0.4) is 0 Å². The van der Waals surface area contributed by atoms with E-state index in [-0.39, 0.29) is 11.8 Å². The van der Waals surface area contributed by atoms with E-state index in [2.05, 4.69) is 50.4 Å². The molecule has 0 saturated carbocycles. The SMILES string of the molecule is Cc1ccc(NC(=O)C2CCCN(Cc3ccc(Br)cc3)C2)cc1Cl. The van der Waals surface area contributed by atoms with E-state index < -0.39 is 0 Å². The summed E-state index contributed by atoms with van der Waals surface area (Å²) in [5.74, 6) is 0.102. The number of anilines is 1. The molecule has 0 aliphatic carbocycles. The number of nitrogens with zero attached hydrogens (tertiary/aromatic N) is 1. The van der Waals surface area contributed by atoms with Gasteiger partial charge in [0.2, 0.25) is 5.91 Å². The molecule has 1 aliphatic rings. The summed E-state index contributed by atoms with van der Waals surface area (Å²) in [4.78, 5) is 15.0. The van der Waals surface area contributed by atoms with E-state index in [0.29, 0.717) is 5.02 Å². The number of piperidine rings is 1. The zero-order chi connectivity index (χ0) is 17.8. The van der Waals surface area contributed by atoms with Crippen molar-refractivity contribution < 1.29 is 4.79 Å². The zero-order valence-corrected chi connectivity index (χ0v) is 16.6. The van der Waals surface area contributed by atoms with Crippen molar-refractivity contribution in [2.24, 2.45) is 5.92 Å². The molecule has 0 aromatic heterocycles. The molecule has 25 heavy (non-hydrogen) atoms. The second kappa shape index (κ2) is 8.35. The van der Waals surface area contributed by atoms with Gasteiger partial charge in [0, 0.05) is 28.3 Å². The first-order valence-corrected chi connectivity index (χ1v) is 9.72. The predicted molar refractivity (Wildman–Crippen MR) is 107 cm³/mol. The topological polar surface area (TPSA) is 32.3 Å². The van der Waals surface area contributed by atoms with E-state index in [0.717, 1.165) is 48.2 Å². The molecule has 1 atom stereocenters. The van der Waals surface area contributed by atoms with Crippen LogP contribution in [-0.4, -0.2) is 23.9 Å². The number of hydrogen-bond donors (Lipinski definition) is 1. The standard InChI is InChI=1S/C20H22BrClN2O/c1-14-4-9-18(11-19(14)22)23-20(25)16-3-2-10-24(13-16)12-15-5-7-17(21)8-6-15/h4-9,11,16H,2-3,10,12-13H2,1H3,(H,23,25). The van der Waals surface area contributed by atoms with Gasteiger partial charge in [-0.1, -0.05) is 45.7 Å². The van der Waals surface area contributed by atoms with Gasteiger partial charge in [-0.05, 0) is 61.7 Å². The van der Waals surface area contributed by atoms with Crippen LogP contribution in [0, 0.1) is 12.8 Å². The van der Waals surface area contributed by atoms with E-state index >= 15 is 0 Å². The van der Waals surface area contributed by atoms with Crippen molar-refractivity contribution in [2.75, 3.05) is 18.4 Å². The largest absolute Gasteiger partial charge is 0.326 e. The molecule has 0 radical (unpaired) electrons. The van der Waals surface area contributed by atoms with Crippen molar-refractivity contribution in [2.45, 2.75) is 26.3 Å². The van der Waals surface area contributed by atoms with Gasteiger partial charge in [-0.15, -0.1) is 0 Å². The molecule has 1 N–H and O–H groups in total. The number of amides is 1. The van der Waals surface area contributed by atoms with Crippen LogP contribution >= 0.6 is 27.5 Å². The average molecular weight is 422 g/mol. The Hall–Kier alpha value is -1.36. The van der Waals surface area contributed by atoms with E-state index in [1.54, 1.807) is 0 Å². The van der Waals surface area contributed by atoms with Crippen molar-refractivity contribution in [1.82, 2.24) is 4.90 Å². The second-order valence-corrected chi connectivity index (χ2v) is 7.98. The predicted octanol–water partition coefficient (Wildman–Crippen LogP) is 5.26. The number of nitrogens with one attached hydrogen (secondary N) is 1. The van der Waals surface area contributed by atoms with Crippen LogP contribution < -0.4 is 5.32 Å². The molecule has 2 aromatic carbocycles. The molecule has 3 rings (SSSR count). The molecular formula is C20H22BrClN2O. The maximum absolute atomic E-state index is 12.6. The zero-order valence-electron chi connectivity index (χ0n) is 14.3. The second-order valence-electron chi connectivity index (χ2n) is 6.65. The molecular weight excluding hydrogens is 400 g/mol. The Morgan fingerprint density at radius 3 is 2.76 bits per heavy atom. The van der Waals surface area contributed by atoms with Crippen LogP contribution in [0.15, 0.2) is 46.9 Å². The van der Waals surface area contributed by atoms with Gasteiger partial charge in [0.15, 0.2) is 0 Å². The fourth-order valence-electron chi connectivity index (χ4n) is 3.18. The number of hydrogen-bond acceptors (Lipinski definition) is 2. The smallest absolute Gasteiger partial charge is 0.228 e. The molecule has 1 aliphatic heterocycles. The molecule has 1 fully saturated rings. The first kappa shape index (κ1) is 18.4. The van der Waals surface area contributed by atoms with Gasteiger partial charge in [-0.25, -0.2) is 0 Å². The Bertz CT molecular complexity index is 748. The van der Waals surface area contributed by atoms with Crippen LogP contribution in [0.1, 0.15) is 24.0 Å². The number of aryl methyl sites for hydroxylation is 1. The van der Waals surface area contributed by atoms with Gasteiger partial charge >= 0.3 is 0 Å². The third kappa shape index (κ3) is 5.06. The van der Waals surface area contributed by atoms with Crippen molar-refractivity contribution in [3.05, 3.63) is 63.1 Å². The van der Waals surface area contributed by atoms with Crippen LogP contribution in [0.5, 0.6) is 0 Å². The van der Waals surface area contributed by atoms with Crippen LogP contribution in [0.25, 0.3) is 0 Å². The third-order valence-corrected chi connectivity index (χ3v) is 5.57. The fourth-order valence-corrected chi connectivity index (χ4v) is 3.62. The number of carbonyl (C=O) groups is 1. The first-order valence-electron chi connectivity index (χ1n) is 8.55. The first-order chi connectivity index (χ1) is 12.0. The quantitative estimate of drug-likeness (QED) is 0.730. The molecule has 1 saturated heterocycles. The van der Waals surface area contributed by atoms with Gasteiger partial charge < -0.3 is 5.32 Å². The van der Waals surface area contributed by atoms with E-state index in [1.165, 1.54) is 5.56 Å². The summed E-state index contributed by atoms with van der Waals surface area (Å²) >= 11 is 9.61. The number of rotatable bonds is 4. The van der Waals surface area contributed by atoms with Gasteiger partial charge in [-0.2, -0.15) is 0 Å². The summed E-state index contributed by atoms with van der Waals surface area (Å²) in [6.07, 6.45) is 1.98. The Kier molecular flexibility index (Phi) is 6.15. The number of likely N-dealkylation sites (tertiary alicyclic amines) is 1. The highest BCUT2D eigenvalue weighted by Crippen LogP contribution is 2.23. The molecule has 0 bridgehead atoms. The highest BCUT2D eigenvalue weighted by Gasteiger charge is 2.26. The van der Waals surface area contributed by atoms with Gasteiger partial charge in [0.05, 0.1) is 5.92 Å². The van der Waals surface area contributed by atoms with E-state index in [1.807, 2.05) is 25.1 Å². The third-order valence-electron chi connectivity index (χ3n) is 4.64. The molecule has 1 heterocycles. The molecule has 1 unspecified atom stereocenters. The Morgan fingerprint density at radius 1 is 1.28 bits per heavy atom. The summed E-state index contributed by atoms with van der Waals surface area (Å²) < 4.78 is 1.09. The highest BCUT2D eigenvalue weighted by molar-refractivity contribution is 9.10. The average Bonchev–Trinajstić information content (AvgIpc) is 2.60. The Balaban J connectivity index is 1.59. The Morgan fingerprint density at radius 2 is 2.04 bits per heavy atom. The minimum atomic E-state index is 0.0178. The molecule has 3 nitrogen and oxygen atoms in total. The van der Waals surface area contributed by atoms with Crippen LogP contribution in [0.4, 0.5) is 5.69 Å². The van der Waals surface area contributed by atoms with Crippen LogP contribution in [0.2, 0.25) is 5.02 Å². The summed E-state index contributed by atoms with van der Waals surface area (Å²) in [5, 5.41) is 3.69. The molecule has 1 amide bonds. The van der Waals surface area contributed by atoms with Gasteiger partial charge in [0.1, 0.15) is 0 Å². The summed E-state index contributed by atoms with van der Waals surface area (Å²) in [5.41, 5.74) is 3.05. The summed E-state index contributed by atoms with van der Waals surface area (Å²) in [6.45, 7) is 4.67. The highest BCUT2D eigenvalue weighted by atomic mass is 79.9. The van der Waals surface area contributed by atoms with Gasteiger partial charge in [0.25, 0.3) is 0 Å². The lowest BCUT2D eigenvalue weighted by Gasteiger charge is -2.32. The van der Waals surface area contributed by atoms with Crippen molar-refractivity contribution in [3.8, 4) is 0 Å². The molecule has 0 spiro atoms. The Labute approximate surface area is 162 Å². The lowest BCUT2D eigenvalue weighted by Crippen LogP contribution is -2.40. The van der Waals surface area contributed by atoms with Crippen LogP contribution in [-0.2, 0) is 11.3 Å². The normalized spacial score (nSPS) is 18.1. The van der Waals surface area contributed by atoms with Crippen molar-refractivity contribution in [1.29, 1.82) is 0 Å². The lowest BCUT2D eigenvalue weighted by atomic mass is 9.96. The maximum atomic E-state index is 12.6. The monoisotopic (exact) mass is 420 g/mol. The van der Waals surface area contributed by atoms with Crippen molar-refractivity contribution >= 4 is 39.1 Å². The minimum Gasteiger partial charge on any atom is -0.326 e. The lowest BCUT2D eigenvalue weighted by molar-refractivity contribution is -0.121. The fraction of sp³-hybridized carbons (Fsp3) is 0.350. The van der Waals surface area contributed by atoms with E-state index in [9.17, 15) is 4.79 Å². The number of benzene rings is 2. The van der Waals surface area contributed by atoms with E-state index in [4.69, 9.17) is 11.6 Å². The summed E-state index contributed by atoms with van der Waals surface area (Å²) in [7, 11) is 0. The number of carbonyl (C=O) groups excluding carboxylic acids is 1.